The van der Waals surface area contributed by atoms with Gasteiger partial charge in [-0.1, -0.05) is 48.5 Å². The Bertz CT molecular complexity index is 1320. The molecule has 0 atom stereocenters. The van der Waals surface area contributed by atoms with Gasteiger partial charge in [-0.3, -0.25) is 9.48 Å². The van der Waals surface area contributed by atoms with Crippen LogP contribution < -0.4 is 5.43 Å². The van der Waals surface area contributed by atoms with Crippen LogP contribution in [0.25, 0.3) is 22.4 Å². The van der Waals surface area contributed by atoms with Gasteiger partial charge in [0.1, 0.15) is 11.3 Å². The minimum atomic E-state index is -0.428. The molecule has 0 aliphatic carbocycles. The Hall–Kier alpha value is -4.39. The smallest absolute Gasteiger partial charge is 0.307 e. The van der Waals surface area contributed by atoms with Crippen LogP contribution in [0.15, 0.2) is 99.2 Å². The van der Waals surface area contributed by atoms with Gasteiger partial charge in [-0.2, -0.15) is 10.2 Å². The van der Waals surface area contributed by atoms with E-state index in [9.17, 15) is 4.79 Å². The number of rotatable bonds is 6. The van der Waals surface area contributed by atoms with Gasteiger partial charge in [0.25, 0.3) is 0 Å². The number of hydrogen-bond donors (Lipinski definition) is 1. The summed E-state index contributed by atoms with van der Waals surface area (Å²) in [5.41, 5.74) is 5.73. The molecule has 0 fully saturated rings. The number of furan rings is 2. The van der Waals surface area contributed by atoms with Crippen LogP contribution in [0, 0.1) is 0 Å². The standard InChI is InChI=1S/C24H18N4O3/c29-24(21-11-6-12-30-21)26-25-14-19-16-28(15-17-7-2-1-3-8-17)27-23(19)22-13-18-9-4-5-10-20(18)31-22/h1-14,16H,15H2,(H,26,29)/b25-14-. The summed E-state index contributed by atoms with van der Waals surface area (Å²) in [4.78, 5) is 12.1. The number of hydrazone groups is 1. The van der Waals surface area contributed by atoms with Crippen LogP contribution in [0.1, 0.15) is 21.7 Å². The summed E-state index contributed by atoms with van der Waals surface area (Å²) < 4.78 is 12.9. The number of carbonyl (C=O) groups excluding carboxylic acids is 1. The lowest BCUT2D eigenvalue weighted by Crippen LogP contribution is -2.16. The van der Waals surface area contributed by atoms with Gasteiger partial charge in [-0.25, -0.2) is 5.43 Å². The number of hydrogen-bond acceptors (Lipinski definition) is 5. The van der Waals surface area contributed by atoms with Crippen molar-refractivity contribution in [3.05, 3.63) is 102 Å². The highest BCUT2D eigenvalue weighted by molar-refractivity contribution is 5.94. The minimum absolute atomic E-state index is 0.189. The first-order valence-corrected chi connectivity index (χ1v) is 9.73. The second kappa shape index (κ2) is 8.16. The van der Waals surface area contributed by atoms with Crippen LogP contribution in [0.5, 0.6) is 0 Å². The fraction of sp³-hybridized carbons (Fsp3) is 0.0417. The topological polar surface area (TPSA) is 85.6 Å². The molecule has 0 spiro atoms. The van der Waals surface area contributed by atoms with E-state index in [1.807, 2.05) is 71.5 Å². The Balaban J connectivity index is 1.47. The molecule has 31 heavy (non-hydrogen) atoms. The summed E-state index contributed by atoms with van der Waals surface area (Å²) in [7, 11) is 0. The summed E-state index contributed by atoms with van der Waals surface area (Å²) in [6.45, 7) is 0.598. The van der Waals surface area contributed by atoms with Crippen molar-refractivity contribution in [1.29, 1.82) is 0 Å². The van der Waals surface area contributed by atoms with Crippen LogP contribution in [0.4, 0.5) is 0 Å². The Kier molecular flexibility index (Phi) is 4.90. The van der Waals surface area contributed by atoms with Crippen molar-refractivity contribution in [3.63, 3.8) is 0 Å². The van der Waals surface area contributed by atoms with Crippen LogP contribution in [-0.2, 0) is 6.54 Å². The zero-order valence-electron chi connectivity index (χ0n) is 16.4. The highest BCUT2D eigenvalue weighted by atomic mass is 16.3. The van der Waals surface area contributed by atoms with Gasteiger partial charge in [-0.05, 0) is 29.8 Å². The number of aromatic nitrogens is 2. The number of amides is 1. The van der Waals surface area contributed by atoms with E-state index in [1.165, 1.54) is 6.26 Å². The van der Waals surface area contributed by atoms with Crippen molar-refractivity contribution >= 4 is 23.1 Å². The summed E-state index contributed by atoms with van der Waals surface area (Å²) in [6.07, 6.45) is 4.86. The molecule has 0 aliphatic heterocycles. The van der Waals surface area contributed by atoms with Crippen LogP contribution in [0.3, 0.4) is 0 Å². The van der Waals surface area contributed by atoms with Crippen molar-refractivity contribution in [1.82, 2.24) is 15.2 Å². The van der Waals surface area contributed by atoms with E-state index >= 15 is 0 Å². The summed E-state index contributed by atoms with van der Waals surface area (Å²) >= 11 is 0. The first-order chi connectivity index (χ1) is 15.3. The average Bonchev–Trinajstić information content (AvgIpc) is 3.54. The Morgan fingerprint density at radius 3 is 2.71 bits per heavy atom. The molecule has 2 aromatic carbocycles. The number of para-hydroxylation sites is 1. The van der Waals surface area contributed by atoms with Crippen LogP contribution >= 0.6 is 0 Å². The maximum atomic E-state index is 12.1. The van der Waals surface area contributed by atoms with Crippen molar-refractivity contribution in [2.45, 2.75) is 6.54 Å². The molecule has 5 aromatic rings. The third-order valence-corrected chi connectivity index (χ3v) is 4.75. The van der Waals surface area contributed by atoms with Crippen LogP contribution in [0.2, 0.25) is 0 Å². The average molecular weight is 410 g/mol. The molecular formula is C24H18N4O3. The van der Waals surface area contributed by atoms with Crippen LogP contribution in [-0.4, -0.2) is 21.9 Å². The molecule has 3 heterocycles. The largest absolute Gasteiger partial charge is 0.459 e. The lowest BCUT2D eigenvalue weighted by atomic mass is 10.2. The van der Waals surface area contributed by atoms with Gasteiger partial charge < -0.3 is 8.83 Å². The van der Waals surface area contributed by atoms with Gasteiger partial charge in [-0.15, -0.1) is 0 Å². The maximum Gasteiger partial charge on any atom is 0.307 e. The second-order valence-corrected chi connectivity index (χ2v) is 6.94. The predicted molar refractivity (Wildman–Crippen MR) is 117 cm³/mol. The zero-order chi connectivity index (χ0) is 21.0. The number of nitrogens with one attached hydrogen (secondary N) is 1. The summed E-state index contributed by atoms with van der Waals surface area (Å²) in [6, 6.07) is 23.0. The molecule has 0 unspecified atom stereocenters. The predicted octanol–water partition coefficient (Wildman–Crippen LogP) is 4.70. The first-order valence-electron chi connectivity index (χ1n) is 9.73. The van der Waals surface area contributed by atoms with Crippen molar-refractivity contribution in [2.24, 2.45) is 5.10 Å². The molecule has 0 aliphatic rings. The molecule has 0 radical (unpaired) electrons. The fourth-order valence-electron chi connectivity index (χ4n) is 3.30. The van der Waals surface area contributed by atoms with Gasteiger partial charge in [0.15, 0.2) is 11.5 Å². The molecule has 152 valence electrons. The Labute approximate surface area is 177 Å². The van der Waals surface area contributed by atoms with E-state index in [4.69, 9.17) is 13.9 Å². The molecule has 7 nitrogen and oxygen atoms in total. The summed E-state index contributed by atoms with van der Waals surface area (Å²) in [5, 5.41) is 9.79. The minimum Gasteiger partial charge on any atom is -0.459 e. The number of nitrogens with zero attached hydrogens (tertiary/aromatic N) is 3. The highest BCUT2D eigenvalue weighted by Gasteiger charge is 2.15. The molecule has 1 N–H and O–H groups in total. The highest BCUT2D eigenvalue weighted by Crippen LogP contribution is 2.28. The molecule has 0 saturated carbocycles. The van der Waals surface area contributed by atoms with Gasteiger partial charge >= 0.3 is 5.91 Å². The third kappa shape index (κ3) is 4.02. The molecular weight excluding hydrogens is 392 g/mol. The van der Waals surface area contributed by atoms with Crippen molar-refractivity contribution in [3.8, 4) is 11.5 Å². The molecule has 0 saturated heterocycles. The van der Waals surface area contributed by atoms with E-state index in [0.29, 0.717) is 18.0 Å². The molecule has 7 heteroatoms. The Morgan fingerprint density at radius 2 is 1.90 bits per heavy atom. The van der Waals surface area contributed by atoms with E-state index in [0.717, 1.165) is 22.1 Å². The fourth-order valence-corrected chi connectivity index (χ4v) is 3.30. The van der Waals surface area contributed by atoms with Gasteiger partial charge in [0, 0.05) is 17.1 Å². The number of benzene rings is 2. The van der Waals surface area contributed by atoms with Gasteiger partial charge in [0.2, 0.25) is 0 Å². The molecule has 5 rings (SSSR count). The lowest BCUT2D eigenvalue weighted by Gasteiger charge is -2.00. The van der Waals surface area contributed by atoms with E-state index in [1.54, 1.807) is 18.3 Å². The zero-order valence-corrected chi connectivity index (χ0v) is 16.4. The Morgan fingerprint density at radius 1 is 1.06 bits per heavy atom. The monoisotopic (exact) mass is 410 g/mol. The van der Waals surface area contributed by atoms with Crippen molar-refractivity contribution in [2.75, 3.05) is 0 Å². The number of fused-ring (bicyclic) bond motifs is 1. The van der Waals surface area contributed by atoms with E-state index in [-0.39, 0.29) is 5.76 Å². The van der Waals surface area contributed by atoms with E-state index < -0.39 is 5.91 Å². The molecule has 0 bridgehead atoms. The first kappa shape index (κ1) is 18.6. The second-order valence-electron chi connectivity index (χ2n) is 6.94. The third-order valence-electron chi connectivity index (χ3n) is 4.75. The number of carbonyl (C=O) groups is 1. The lowest BCUT2D eigenvalue weighted by molar-refractivity contribution is 0.0927. The molecule has 1 amide bonds. The quantitative estimate of drug-likeness (QED) is 0.325. The van der Waals surface area contributed by atoms with Crippen molar-refractivity contribution < 1.29 is 13.6 Å². The maximum absolute atomic E-state index is 12.1. The normalized spacial score (nSPS) is 11.4. The molecule has 3 aromatic heterocycles. The SMILES string of the molecule is O=C(N/N=C\c1cn(Cc2ccccc2)nc1-c1cc2ccccc2o1)c1ccco1. The van der Waals surface area contributed by atoms with Gasteiger partial charge in [0.05, 0.1) is 19.0 Å². The summed E-state index contributed by atoms with van der Waals surface area (Å²) in [5.74, 6) is 0.393. The van der Waals surface area contributed by atoms with E-state index in [2.05, 4.69) is 10.5 Å².